The first-order chi connectivity index (χ1) is 6.66. The average Bonchev–Trinajstić information content (AvgIpc) is 2.51. The van der Waals surface area contributed by atoms with Crippen molar-refractivity contribution in [3.05, 3.63) is 28.2 Å². The Morgan fingerprint density at radius 3 is 2.71 bits per heavy atom. The van der Waals surface area contributed by atoms with Crippen LogP contribution in [0.4, 0.5) is 6.01 Å². The number of nitrogens with two attached hydrogens (primary N) is 1. The van der Waals surface area contributed by atoms with Crippen LogP contribution in [-0.2, 0) is 0 Å². The smallest absolute Gasteiger partial charge is 0.313 e. The predicted molar refractivity (Wildman–Crippen MR) is 56.6 cm³/mol. The number of aryl methyl sites for hydroxylation is 1. The molecule has 2 rings (SSSR count). The number of rotatable bonds is 1. The molecule has 0 unspecified atom stereocenters. The molecule has 72 valence electrons. The van der Waals surface area contributed by atoms with Gasteiger partial charge in [-0.05, 0) is 40.5 Å². The van der Waals surface area contributed by atoms with Crippen LogP contribution in [0.25, 0.3) is 11.5 Å². The minimum Gasteiger partial charge on any atom is -0.404 e. The largest absolute Gasteiger partial charge is 0.404 e. The number of halogens is 1. The molecule has 0 fully saturated rings. The van der Waals surface area contributed by atoms with Gasteiger partial charge in [-0.2, -0.15) is 0 Å². The van der Waals surface area contributed by atoms with Crippen molar-refractivity contribution in [2.24, 2.45) is 0 Å². The van der Waals surface area contributed by atoms with Crippen LogP contribution in [0.5, 0.6) is 0 Å². The summed E-state index contributed by atoms with van der Waals surface area (Å²) in [6.07, 6.45) is 0. The topological polar surface area (TPSA) is 64.9 Å². The molecular formula is C9H8BrN3O. The third-order valence-electron chi connectivity index (χ3n) is 1.80. The molecular weight excluding hydrogens is 246 g/mol. The fraction of sp³-hybridized carbons (Fsp3) is 0.111. The quantitative estimate of drug-likeness (QED) is 0.848. The molecule has 0 aliphatic rings. The number of hydrogen-bond acceptors (Lipinski definition) is 4. The summed E-state index contributed by atoms with van der Waals surface area (Å²) in [5.74, 6) is 0.425. The Labute approximate surface area is 89.3 Å². The highest BCUT2D eigenvalue weighted by atomic mass is 79.9. The van der Waals surface area contributed by atoms with Crippen molar-refractivity contribution in [1.82, 2.24) is 10.2 Å². The summed E-state index contributed by atoms with van der Waals surface area (Å²) >= 11 is 3.42. The van der Waals surface area contributed by atoms with Gasteiger partial charge in [0.15, 0.2) is 0 Å². The van der Waals surface area contributed by atoms with E-state index in [2.05, 4.69) is 26.1 Å². The fourth-order valence-corrected chi connectivity index (χ4v) is 1.80. The first kappa shape index (κ1) is 9.21. The van der Waals surface area contributed by atoms with E-state index < -0.39 is 0 Å². The summed E-state index contributed by atoms with van der Waals surface area (Å²) in [7, 11) is 0. The molecule has 2 N–H and O–H groups in total. The van der Waals surface area contributed by atoms with E-state index in [0.717, 1.165) is 15.6 Å². The second-order valence-electron chi connectivity index (χ2n) is 2.93. The molecule has 0 saturated heterocycles. The van der Waals surface area contributed by atoms with Crippen LogP contribution in [0.3, 0.4) is 0 Å². The molecule has 14 heavy (non-hydrogen) atoms. The monoisotopic (exact) mass is 253 g/mol. The lowest BCUT2D eigenvalue weighted by Gasteiger charge is -1.99. The maximum Gasteiger partial charge on any atom is 0.313 e. The number of anilines is 1. The van der Waals surface area contributed by atoms with Crippen LogP contribution in [0.15, 0.2) is 27.1 Å². The van der Waals surface area contributed by atoms with Crippen LogP contribution >= 0.6 is 15.9 Å². The van der Waals surface area contributed by atoms with E-state index in [0.29, 0.717) is 5.89 Å². The molecule has 0 radical (unpaired) electrons. The van der Waals surface area contributed by atoms with Crippen LogP contribution in [0.2, 0.25) is 0 Å². The van der Waals surface area contributed by atoms with Crippen molar-refractivity contribution in [1.29, 1.82) is 0 Å². The third kappa shape index (κ3) is 1.63. The Morgan fingerprint density at radius 2 is 2.14 bits per heavy atom. The highest BCUT2D eigenvalue weighted by Gasteiger charge is 2.09. The Balaban J connectivity index is 2.52. The molecule has 0 amide bonds. The van der Waals surface area contributed by atoms with Crippen LogP contribution < -0.4 is 5.73 Å². The molecule has 0 spiro atoms. The van der Waals surface area contributed by atoms with Crippen molar-refractivity contribution < 1.29 is 4.42 Å². The number of nitrogen functional groups attached to an aromatic ring is 1. The van der Waals surface area contributed by atoms with Crippen LogP contribution in [0, 0.1) is 6.92 Å². The van der Waals surface area contributed by atoms with E-state index in [9.17, 15) is 0 Å². The summed E-state index contributed by atoms with van der Waals surface area (Å²) in [4.78, 5) is 0. The molecule has 0 saturated carbocycles. The Kier molecular flexibility index (Phi) is 2.25. The van der Waals surface area contributed by atoms with E-state index >= 15 is 0 Å². The van der Waals surface area contributed by atoms with Gasteiger partial charge in [0.25, 0.3) is 5.89 Å². The average molecular weight is 254 g/mol. The van der Waals surface area contributed by atoms with Crippen LogP contribution in [-0.4, -0.2) is 10.2 Å². The van der Waals surface area contributed by atoms with Crippen molar-refractivity contribution in [2.45, 2.75) is 6.92 Å². The lowest BCUT2D eigenvalue weighted by Crippen LogP contribution is -1.81. The van der Waals surface area contributed by atoms with Crippen molar-refractivity contribution in [3.63, 3.8) is 0 Å². The zero-order chi connectivity index (χ0) is 10.1. The first-order valence-corrected chi connectivity index (χ1v) is 4.81. The Bertz CT molecular complexity index is 467. The molecule has 4 nitrogen and oxygen atoms in total. The van der Waals surface area contributed by atoms with Gasteiger partial charge >= 0.3 is 6.01 Å². The van der Waals surface area contributed by atoms with E-state index in [1.54, 1.807) is 0 Å². The van der Waals surface area contributed by atoms with Gasteiger partial charge in [-0.25, -0.2) is 0 Å². The molecule has 1 heterocycles. The fourth-order valence-electron chi connectivity index (χ4n) is 1.14. The summed E-state index contributed by atoms with van der Waals surface area (Å²) in [6.45, 7) is 2.01. The van der Waals surface area contributed by atoms with Gasteiger partial charge in [0.1, 0.15) is 0 Å². The number of aromatic nitrogens is 2. The van der Waals surface area contributed by atoms with Gasteiger partial charge in [-0.3, -0.25) is 0 Å². The zero-order valence-corrected chi connectivity index (χ0v) is 9.08. The Hall–Kier alpha value is -1.36. The molecule has 1 aromatic carbocycles. The lowest BCUT2D eigenvalue weighted by atomic mass is 10.1. The first-order valence-electron chi connectivity index (χ1n) is 4.02. The summed E-state index contributed by atoms with van der Waals surface area (Å²) < 4.78 is 6.03. The van der Waals surface area contributed by atoms with Gasteiger partial charge in [0.2, 0.25) is 0 Å². The highest BCUT2D eigenvalue weighted by Crippen LogP contribution is 2.28. The second-order valence-corrected chi connectivity index (χ2v) is 3.78. The van der Waals surface area contributed by atoms with Gasteiger partial charge in [0.05, 0.1) is 5.56 Å². The predicted octanol–water partition coefficient (Wildman–Crippen LogP) is 2.39. The van der Waals surface area contributed by atoms with E-state index in [-0.39, 0.29) is 6.01 Å². The van der Waals surface area contributed by atoms with Crippen LogP contribution in [0.1, 0.15) is 5.56 Å². The van der Waals surface area contributed by atoms with Crippen molar-refractivity contribution in [2.75, 3.05) is 5.73 Å². The summed E-state index contributed by atoms with van der Waals surface area (Å²) in [5, 5.41) is 7.40. The SMILES string of the molecule is Cc1ccc(-c2nnc(N)o2)c(Br)c1. The molecule has 0 aliphatic heterocycles. The van der Waals surface area contributed by atoms with Gasteiger partial charge in [-0.15, -0.1) is 5.10 Å². The van der Waals surface area contributed by atoms with Gasteiger partial charge < -0.3 is 10.2 Å². The van der Waals surface area contributed by atoms with Crippen molar-refractivity contribution >= 4 is 21.9 Å². The molecule has 0 aliphatic carbocycles. The normalized spacial score (nSPS) is 10.4. The maximum atomic E-state index is 5.34. The molecule has 0 atom stereocenters. The number of nitrogens with zero attached hydrogens (tertiary/aromatic N) is 2. The minimum atomic E-state index is 0.0764. The molecule has 1 aromatic heterocycles. The number of benzene rings is 1. The second kappa shape index (κ2) is 3.42. The molecule has 2 aromatic rings. The van der Waals surface area contributed by atoms with Crippen molar-refractivity contribution in [3.8, 4) is 11.5 Å². The van der Waals surface area contributed by atoms with Gasteiger partial charge in [-0.1, -0.05) is 11.2 Å². The molecule has 0 bridgehead atoms. The zero-order valence-electron chi connectivity index (χ0n) is 7.49. The third-order valence-corrected chi connectivity index (χ3v) is 2.45. The highest BCUT2D eigenvalue weighted by molar-refractivity contribution is 9.10. The minimum absolute atomic E-state index is 0.0764. The van der Waals surface area contributed by atoms with E-state index in [1.807, 2.05) is 25.1 Å². The van der Waals surface area contributed by atoms with E-state index in [1.165, 1.54) is 0 Å². The standard InChI is InChI=1S/C9H8BrN3O/c1-5-2-3-6(7(10)4-5)8-12-13-9(11)14-8/h2-4H,1H3,(H2,11,13). The maximum absolute atomic E-state index is 5.34. The summed E-state index contributed by atoms with van der Waals surface area (Å²) in [6, 6.07) is 5.94. The lowest BCUT2D eigenvalue weighted by molar-refractivity contribution is 0.590. The molecule has 5 heteroatoms. The van der Waals surface area contributed by atoms with Gasteiger partial charge in [0, 0.05) is 4.47 Å². The number of hydrogen-bond donors (Lipinski definition) is 1. The Morgan fingerprint density at radius 1 is 1.36 bits per heavy atom. The summed E-state index contributed by atoms with van der Waals surface area (Å²) in [5.41, 5.74) is 7.35. The van der Waals surface area contributed by atoms with E-state index in [4.69, 9.17) is 10.2 Å².